The molecule has 9 nitrogen and oxygen atoms in total. The van der Waals surface area contributed by atoms with E-state index >= 15 is 0 Å². The summed E-state index contributed by atoms with van der Waals surface area (Å²) >= 11 is 5.98. The maximum atomic E-state index is 12.7. The number of hydrogen-bond donors (Lipinski definition) is 4. The number of halogens is 2. The van der Waals surface area contributed by atoms with Gasteiger partial charge in [-0.2, -0.15) is 0 Å². The maximum absolute atomic E-state index is 12.7. The lowest BCUT2D eigenvalue weighted by Gasteiger charge is -2.26. The molecule has 0 saturated heterocycles. The molecular formula is C17H21Cl2N5O4S. The molecule has 1 aliphatic rings. The van der Waals surface area contributed by atoms with Gasteiger partial charge in [0.15, 0.2) is 0 Å². The minimum atomic E-state index is -3.78. The van der Waals surface area contributed by atoms with Crippen molar-refractivity contribution in [1.82, 2.24) is 9.71 Å². The Hall–Kier alpha value is -2.14. The highest BCUT2D eigenvalue weighted by Gasteiger charge is 2.29. The van der Waals surface area contributed by atoms with Crippen LogP contribution >= 0.6 is 24.2 Å². The van der Waals surface area contributed by atoms with E-state index in [0.717, 1.165) is 4.42 Å². The van der Waals surface area contributed by atoms with Crippen LogP contribution in [0.4, 0.5) is 5.69 Å². The number of carboxylic acid groups (broad SMARTS) is 1. The molecule has 29 heavy (non-hydrogen) atoms. The van der Waals surface area contributed by atoms with Gasteiger partial charge in [0.1, 0.15) is 0 Å². The largest absolute Gasteiger partial charge is 0.481 e. The highest BCUT2D eigenvalue weighted by Crippen LogP contribution is 2.30. The summed E-state index contributed by atoms with van der Waals surface area (Å²) in [6.07, 6.45) is 4.80. The average Bonchev–Trinajstić information content (AvgIpc) is 2.66. The number of aliphatic carboxylic acids is 1. The van der Waals surface area contributed by atoms with Gasteiger partial charge >= 0.3 is 5.97 Å². The SMILES string of the molecule is Cl.N=C(N)N(Cl)c1cncc2cc(S(=O)(=O)N[C@H]3CC[C@@H](C(=O)O)CC3)ccc12. The lowest BCUT2D eigenvalue weighted by molar-refractivity contribution is -0.142. The summed E-state index contributed by atoms with van der Waals surface area (Å²) in [6, 6.07) is 4.21. The number of nitrogens with two attached hydrogens (primary N) is 1. The van der Waals surface area contributed by atoms with Crippen LogP contribution in [-0.4, -0.2) is 36.5 Å². The molecule has 0 atom stereocenters. The first kappa shape index (κ1) is 23.1. The highest BCUT2D eigenvalue weighted by molar-refractivity contribution is 7.89. The van der Waals surface area contributed by atoms with Gasteiger partial charge in [0.25, 0.3) is 0 Å². The first-order chi connectivity index (χ1) is 13.2. The Kier molecular flexibility index (Phi) is 7.28. The Morgan fingerprint density at radius 2 is 1.93 bits per heavy atom. The monoisotopic (exact) mass is 461 g/mol. The summed E-state index contributed by atoms with van der Waals surface area (Å²) in [5.74, 6) is -1.63. The van der Waals surface area contributed by atoms with Crippen LogP contribution in [0.2, 0.25) is 0 Å². The Morgan fingerprint density at radius 3 is 2.52 bits per heavy atom. The van der Waals surface area contributed by atoms with Crippen molar-refractivity contribution in [3.8, 4) is 0 Å². The number of sulfonamides is 1. The Balaban J connectivity index is 0.00000300. The van der Waals surface area contributed by atoms with Crippen LogP contribution in [0.5, 0.6) is 0 Å². The molecule has 0 bridgehead atoms. The van der Waals surface area contributed by atoms with Gasteiger partial charge in [-0.25, -0.2) is 17.6 Å². The summed E-state index contributed by atoms with van der Waals surface area (Å²) in [6.45, 7) is 0. The van der Waals surface area contributed by atoms with Gasteiger partial charge in [0.2, 0.25) is 16.0 Å². The van der Waals surface area contributed by atoms with Crippen LogP contribution in [0.15, 0.2) is 35.5 Å². The van der Waals surface area contributed by atoms with Crippen LogP contribution in [0.1, 0.15) is 25.7 Å². The van der Waals surface area contributed by atoms with Crippen LogP contribution in [-0.2, 0) is 14.8 Å². The third kappa shape index (κ3) is 5.08. The molecule has 1 saturated carbocycles. The lowest BCUT2D eigenvalue weighted by Crippen LogP contribution is -2.38. The number of nitrogens with one attached hydrogen (secondary N) is 2. The second-order valence-electron chi connectivity index (χ2n) is 6.72. The van der Waals surface area contributed by atoms with Crippen LogP contribution in [0.25, 0.3) is 10.8 Å². The smallest absolute Gasteiger partial charge is 0.306 e. The zero-order chi connectivity index (χ0) is 20.5. The minimum absolute atomic E-state index is 0. The fourth-order valence-corrected chi connectivity index (χ4v) is 4.81. The number of guanidine groups is 1. The molecule has 0 spiro atoms. The van der Waals surface area contributed by atoms with Gasteiger partial charge in [-0.15, -0.1) is 12.4 Å². The highest BCUT2D eigenvalue weighted by atomic mass is 35.5. The predicted octanol–water partition coefficient (Wildman–Crippen LogP) is 2.43. The topological polar surface area (TPSA) is 149 Å². The molecule has 1 fully saturated rings. The molecule has 1 aromatic carbocycles. The predicted molar refractivity (Wildman–Crippen MR) is 113 cm³/mol. The van der Waals surface area contributed by atoms with Crippen LogP contribution in [0.3, 0.4) is 0 Å². The number of anilines is 1. The second-order valence-corrected chi connectivity index (χ2v) is 8.77. The average molecular weight is 462 g/mol. The van der Waals surface area contributed by atoms with Crippen LogP contribution in [0, 0.1) is 11.3 Å². The molecule has 0 unspecified atom stereocenters. The van der Waals surface area contributed by atoms with Crippen molar-refractivity contribution < 1.29 is 18.3 Å². The van der Waals surface area contributed by atoms with Gasteiger partial charge in [-0.05, 0) is 37.8 Å². The molecule has 2 aromatic rings. The van der Waals surface area contributed by atoms with Crippen LogP contribution < -0.4 is 14.9 Å². The molecule has 5 N–H and O–H groups in total. The van der Waals surface area contributed by atoms with Gasteiger partial charge in [-0.1, -0.05) is 6.07 Å². The quantitative estimate of drug-likeness (QED) is 0.303. The van der Waals surface area contributed by atoms with Gasteiger partial charge < -0.3 is 10.8 Å². The van der Waals surface area contributed by atoms with Crippen molar-refractivity contribution in [2.75, 3.05) is 4.42 Å². The lowest BCUT2D eigenvalue weighted by atomic mass is 9.87. The van der Waals surface area contributed by atoms with E-state index in [4.69, 9.17) is 28.0 Å². The third-order valence-corrected chi connectivity index (χ3v) is 6.72. The van der Waals surface area contributed by atoms with E-state index < -0.39 is 21.9 Å². The van der Waals surface area contributed by atoms with Gasteiger partial charge in [0, 0.05) is 34.8 Å². The number of nitrogens with zero attached hydrogens (tertiary/aromatic N) is 2. The number of aromatic nitrogens is 1. The fraction of sp³-hybridized carbons (Fsp3) is 0.353. The third-order valence-electron chi connectivity index (χ3n) is 4.84. The molecule has 1 heterocycles. The molecule has 12 heteroatoms. The maximum Gasteiger partial charge on any atom is 0.306 e. The number of carboxylic acids is 1. The number of carbonyl (C=O) groups is 1. The fourth-order valence-electron chi connectivity index (χ4n) is 3.34. The van der Waals surface area contributed by atoms with Gasteiger partial charge in [0.05, 0.1) is 22.7 Å². The van der Waals surface area contributed by atoms with E-state index in [1.807, 2.05) is 0 Å². The first-order valence-corrected chi connectivity index (χ1v) is 10.4. The van der Waals surface area contributed by atoms with Gasteiger partial charge in [-0.3, -0.25) is 15.2 Å². The molecule has 1 aromatic heterocycles. The van der Waals surface area contributed by atoms with E-state index in [9.17, 15) is 13.2 Å². The summed E-state index contributed by atoms with van der Waals surface area (Å²) in [7, 11) is -3.78. The number of rotatable bonds is 5. The first-order valence-electron chi connectivity index (χ1n) is 8.62. The standard InChI is InChI=1S/C17H20ClN5O4S.ClH/c18-23(17(19)20)15-9-21-8-11-7-13(5-6-14(11)15)28(26,27)22-12-3-1-10(2-4-12)16(24)25;/h5-10,12,22H,1-4H2,(H3,19,20)(H,24,25);1H/t10-,12+;. The van der Waals surface area contributed by atoms with E-state index in [-0.39, 0.29) is 29.3 Å². The van der Waals surface area contributed by atoms with Crippen molar-refractivity contribution in [2.24, 2.45) is 11.7 Å². The number of hydrogen-bond acceptors (Lipinski definition) is 5. The second kappa shape index (κ2) is 9.12. The summed E-state index contributed by atoms with van der Waals surface area (Å²) in [5, 5.41) is 17.6. The van der Waals surface area contributed by atoms with E-state index in [2.05, 4.69) is 9.71 Å². The number of benzene rings is 1. The molecule has 0 amide bonds. The van der Waals surface area contributed by atoms with E-state index in [1.165, 1.54) is 24.5 Å². The Morgan fingerprint density at radius 1 is 1.28 bits per heavy atom. The van der Waals surface area contributed by atoms with E-state index in [0.29, 0.717) is 42.1 Å². The zero-order valence-corrected chi connectivity index (χ0v) is 17.6. The molecule has 0 aliphatic heterocycles. The van der Waals surface area contributed by atoms with Crippen molar-refractivity contribution in [3.05, 3.63) is 30.6 Å². The molecule has 0 radical (unpaired) electrons. The molecular weight excluding hydrogens is 441 g/mol. The minimum Gasteiger partial charge on any atom is -0.481 e. The van der Waals surface area contributed by atoms with E-state index in [1.54, 1.807) is 6.07 Å². The molecule has 1 aliphatic carbocycles. The number of pyridine rings is 1. The number of fused-ring (bicyclic) bond motifs is 1. The Labute approximate surface area is 179 Å². The van der Waals surface area contributed by atoms with Crippen molar-refractivity contribution >= 4 is 62.6 Å². The van der Waals surface area contributed by atoms with Crippen molar-refractivity contribution in [3.63, 3.8) is 0 Å². The summed E-state index contributed by atoms with van der Waals surface area (Å²) < 4.78 is 29.1. The normalized spacial score (nSPS) is 19.3. The molecule has 158 valence electrons. The Bertz CT molecular complexity index is 1030. The molecule has 3 rings (SSSR count). The zero-order valence-electron chi connectivity index (χ0n) is 15.2. The van der Waals surface area contributed by atoms with Crippen molar-refractivity contribution in [2.45, 2.75) is 36.6 Å². The summed E-state index contributed by atoms with van der Waals surface area (Å²) in [4.78, 5) is 15.1. The van der Waals surface area contributed by atoms with Crippen molar-refractivity contribution in [1.29, 1.82) is 5.41 Å². The summed E-state index contributed by atoms with van der Waals surface area (Å²) in [5.41, 5.74) is 5.77.